The first-order chi connectivity index (χ1) is 10.1. The summed E-state index contributed by atoms with van der Waals surface area (Å²) in [7, 11) is 0. The van der Waals surface area contributed by atoms with E-state index >= 15 is 0 Å². The zero-order valence-corrected chi connectivity index (χ0v) is 12.5. The van der Waals surface area contributed by atoms with Crippen molar-refractivity contribution in [1.29, 1.82) is 0 Å². The molecule has 0 bridgehead atoms. The summed E-state index contributed by atoms with van der Waals surface area (Å²) < 4.78 is 0. The molecule has 108 valence electrons. The predicted molar refractivity (Wildman–Crippen MR) is 87.1 cm³/mol. The van der Waals surface area contributed by atoms with Gasteiger partial charge in [0.05, 0.1) is 5.69 Å². The summed E-state index contributed by atoms with van der Waals surface area (Å²) >= 11 is 1.57. The number of para-hydroxylation sites is 1. The molecule has 0 atom stereocenters. The van der Waals surface area contributed by atoms with Crippen LogP contribution in [0.3, 0.4) is 0 Å². The fourth-order valence-corrected chi connectivity index (χ4v) is 2.53. The van der Waals surface area contributed by atoms with Crippen molar-refractivity contribution < 1.29 is 4.79 Å². The van der Waals surface area contributed by atoms with E-state index in [4.69, 9.17) is 0 Å². The Morgan fingerprint density at radius 2 is 2.19 bits per heavy atom. The van der Waals surface area contributed by atoms with Crippen LogP contribution in [0.5, 0.6) is 0 Å². The van der Waals surface area contributed by atoms with E-state index in [-0.39, 0.29) is 11.0 Å². The number of benzene rings is 1. The van der Waals surface area contributed by atoms with E-state index in [1.54, 1.807) is 24.8 Å². The van der Waals surface area contributed by atoms with Crippen LogP contribution in [0.2, 0.25) is 0 Å². The average molecular weight is 300 g/mol. The second-order valence-electron chi connectivity index (χ2n) is 4.44. The van der Waals surface area contributed by atoms with Gasteiger partial charge in [0.15, 0.2) is 5.43 Å². The average Bonchev–Trinajstić information content (AvgIpc) is 2.46. The maximum atomic E-state index is 12.2. The van der Waals surface area contributed by atoms with Crippen LogP contribution in [0.15, 0.2) is 58.9 Å². The lowest BCUT2D eigenvalue weighted by molar-refractivity contribution is 0.102. The smallest absolute Gasteiger partial charge is 0.261 e. The first kappa shape index (κ1) is 15.1. The Kier molecular flexibility index (Phi) is 5.00. The van der Waals surface area contributed by atoms with Crippen LogP contribution in [0.25, 0.3) is 0 Å². The van der Waals surface area contributed by atoms with E-state index in [1.807, 2.05) is 24.3 Å². The highest BCUT2D eigenvalue weighted by atomic mass is 32.2. The van der Waals surface area contributed by atoms with Crippen molar-refractivity contribution in [3.05, 3.63) is 70.7 Å². The Morgan fingerprint density at radius 1 is 1.43 bits per heavy atom. The van der Waals surface area contributed by atoms with Crippen molar-refractivity contribution in [2.24, 2.45) is 0 Å². The number of thioether (sulfide) groups is 1. The summed E-state index contributed by atoms with van der Waals surface area (Å²) in [6.07, 6.45) is 3.24. The highest BCUT2D eigenvalue weighted by molar-refractivity contribution is 7.99. The van der Waals surface area contributed by atoms with Crippen LogP contribution in [-0.4, -0.2) is 16.6 Å². The van der Waals surface area contributed by atoms with E-state index in [1.165, 1.54) is 12.3 Å². The summed E-state index contributed by atoms with van der Waals surface area (Å²) in [5.74, 6) is 0.334. The predicted octanol–water partition coefficient (Wildman–Crippen LogP) is 3.21. The zero-order valence-electron chi connectivity index (χ0n) is 11.7. The molecule has 2 N–H and O–H groups in total. The zero-order chi connectivity index (χ0) is 15.2. The standard InChI is InChI=1S/C16H16N2O2S/c1-3-8-21-15-7-5-4-6-13(15)18-16(20)12-10-17-11(2)9-14(12)19/h3-7,9-10H,1,8H2,2H3,(H,17,19)(H,18,20). The second kappa shape index (κ2) is 6.95. The molecule has 0 fully saturated rings. The van der Waals surface area contributed by atoms with E-state index < -0.39 is 5.91 Å². The molecule has 1 aromatic carbocycles. The Morgan fingerprint density at radius 3 is 2.90 bits per heavy atom. The van der Waals surface area contributed by atoms with Gasteiger partial charge in [0.1, 0.15) is 5.56 Å². The van der Waals surface area contributed by atoms with Gasteiger partial charge in [-0.25, -0.2) is 0 Å². The first-order valence-corrected chi connectivity index (χ1v) is 7.44. The SMILES string of the molecule is C=CCSc1ccccc1NC(=O)c1c[nH]c(C)cc1=O. The minimum atomic E-state index is -0.414. The number of nitrogens with one attached hydrogen (secondary N) is 2. The summed E-state index contributed by atoms with van der Waals surface area (Å²) in [5, 5.41) is 2.78. The number of amides is 1. The van der Waals surface area contributed by atoms with Gasteiger partial charge in [0.2, 0.25) is 0 Å². The number of pyridine rings is 1. The summed E-state index contributed by atoms with van der Waals surface area (Å²) in [5.41, 5.74) is 1.22. The van der Waals surface area contributed by atoms with Crippen LogP contribution < -0.4 is 10.7 Å². The number of aryl methyl sites for hydroxylation is 1. The molecule has 21 heavy (non-hydrogen) atoms. The van der Waals surface area contributed by atoms with Crippen molar-refractivity contribution in [3.63, 3.8) is 0 Å². The van der Waals surface area contributed by atoms with Gasteiger partial charge in [-0.1, -0.05) is 18.2 Å². The van der Waals surface area contributed by atoms with Crippen molar-refractivity contribution >= 4 is 23.4 Å². The topological polar surface area (TPSA) is 62.0 Å². The van der Waals surface area contributed by atoms with Gasteiger partial charge in [-0.3, -0.25) is 9.59 Å². The van der Waals surface area contributed by atoms with Gasteiger partial charge in [-0.2, -0.15) is 0 Å². The molecule has 1 heterocycles. The second-order valence-corrected chi connectivity index (χ2v) is 5.51. The summed E-state index contributed by atoms with van der Waals surface area (Å²) in [6, 6.07) is 8.88. The number of carbonyl (C=O) groups is 1. The molecule has 0 spiro atoms. The molecule has 0 unspecified atom stereocenters. The maximum absolute atomic E-state index is 12.2. The monoisotopic (exact) mass is 300 g/mol. The number of hydrogen-bond acceptors (Lipinski definition) is 3. The largest absolute Gasteiger partial charge is 0.364 e. The number of rotatable bonds is 5. The molecule has 0 saturated heterocycles. The van der Waals surface area contributed by atoms with Crippen molar-refractivity contribution in [2.45, 2.75) is 11.8 Å². The Balaban J connectivity index is 2.23. The Hall–Kier alpha value is -2.27. The van der Waals surface area contributed by atoms with Gasteiger partial charge in [-0.15, -0.1) is 18.3 Å². The molecule has 0 saturated carbocycles. The molecule has 1 amide bonds. The molecular formula is C16H16N2O2S. The number of carbonyl (C=O) groups excluding carboxylic acids is 1. The number of anilines is 1. The first-order valence-electron chi connectivity index (χ1n) is 6.45. The molecule has 2 rings (SSSR count). The third kappa shape index (κ3) is 3.86. The van der Waals surface area contributed by atoms with E-state index in [0.717, 1.165) is 16.3 Å². The number of hydrogen-bond donors (Lipinski definition) is 2. The fourth-order valence-electron chi connectivity index (χ4n) is 1.78. The molecule has 4 nitrogen and oxygen atoms in total. The molecule has 0 aliphatic carbocycles. The number of aromatic nitrogens is 1. The Bertz CT molecular complexity index is 722. The molecule has 0 aliphatic heterocycles. The maximum Gasteiger partial charge on any atom is 0.261 e. The highest BCUT2D eigenvalue weighted by Crippen LogP contribution is 2.27. The van der Waals surface area contributed by atoms with Crippen LogP contribution in [0, 0.1) is 6.92 Å². The minimum absolute atomic E-state index is 0.101. The fraction of sp³-hybridized carbons (Fsp3) is 0.125. The van der Waals surface area contributed by atoms with Gasteiger partial charge in [-0.05, 0) is 19.1 Å². The van der Waals surface area contributed by atoms with Crippen LogP contribution in [0.1, 0.15) is 16.1 Å². The van der Waals surface area contributed by atoms with E-state index in [2.05, 4.69) is 16.9 Å². The summed E-state index contributed by atoms with van der Waals surface area (Å²) in [4.78, 5) is 27.9. The minimum Gasteiger partial charge on any atom is -0.364 e. The van der Waals surface area contributed by atoms with Crippen molar-refractivity contribution in [3.8, 4) is 0 Å². The van der Waals surface area contributed by atoms with Gasteiger partial charge < -0.3 is 10.3 Å². The normalized spacial score (nSPS) is 10.1. The molecule has 1 aromatic heterocycles. The quantitative estimate of drug-likeness (QED) is 0.658. The van der Waals surface area contributed by atoms with Crippen LogP contribution >= 0.6 is 11.8 Å². The molecule has 0 aliphatic rings. The van der Waals surface area contributed by atoms with Gasteiger partial charge >= 0.3 is 0 Å². The van der Waals surface area contributed by atoms with Crippen molar-refractivity contribution in [2.75, 3.05) is 11.1 Å². The van der Waals surface area contributed by atoms with Crippen molar-refractivity contribution in [1.82, 2.24) is 4.98 Å². The van der Waals surface area contributed by atoms with E-state index in [9.17, 15) is 9.59 Å². The van der Waals surface area contributed by atoms with Gasteiger partial charge in [0, 0.05) is 28.6 Å². The van der Waals surface area contributed by atoms with Crippen LogP contribution in [-0.2, 0) is 0 Å². The summed E-state index contributed by atoms with van der Waals surface area (Å²) in [6.45, 7) is 5.45. The molecule has 5 heteroatoms. The third-order valence-corrected chi connectivity index (χ3v) is 3.86. The van der Waals surface area contributed by atoms with Crippen LogP contribution in [0.4, 0.5) is 5.69 Å². The lowest BCUT2D eigenvalue weighted by Gasteiger charge is -2.09. The molecular weight excluding hydrogens is 284 g/mol. The molecule has 2 aromatic rings. The van der Waals surface area contributed by atoms with Gasteiger partial charge in [0.25, 0.3) is 5.91 Å². The molecule has 0 radical (unpaired) electrons. The highest BCUT2D eigenvalue weighted by Gasteiger charge is 2.12. The number of H-pyrrole nitrogens is 1. The number of aromatic amines is 1. The lowest BCUT2D eigenvalue weighted by Crippen LogP contribution is -2.21. The Labute approximate surface area is 127 Å². The third-order valence-electron chi connectivity index (χ3n) is 2.79. The lowest BCUT2D eigenvalue weighted by atomic mass is 10.2. The van der Waals surface area contributed by atoms with E-state index in [0.29, 0.717) is 5.69 Å².